The van der Waals surface area contributed by atoms with Crippen LogP contribution >= 0.6 is 12.6 Å². The summed E-state index contributed by atoms with van der Waals surface area (Å²) >= 11 is 4.12. The van der Waals surface area contributed by atoms with Gasteiger partial charge in [-0.2, -0.15) is 0 Å². The lowest BCUT2D eigenvalue weighted by atomic mass is 10.3. The molecule has 1 aromatic rings. The number of amides is 1. The van der Waals surface area contributed by atoms with Crippen molar-refractivity contribution >= 4 is 30.2 Å². The zero-order valence-corrected chi connectivity index (χ0v) is 9.79. The predicted octanol–water partition coefficient (Wildman–Crippen LogP) is 1.87. The minimum atomic E-state index is -0.522. The summed E-state index contributed by atoms with van der Waals surface area (Å²) in [6, 6.07) is 6.93. The number of hydrogen-bond donors (Lipinski definition) is 2. The van der Waals surface area contributed by atoms with E-state index >= 15 is 0 Å². The Kier molecular flexibility index (Phi) is 4.85. The number of carbonyl (C=O) groups is 2. The molecule has 0 saturated heterocycles. The van der Waals surface area contributed by atoms with Crippen molar-refractivity contribution in [3.8, 4) is 0 Å². The SMILES string of the molecule is CCOC(=O)CC(=O)Nc1ccc(S)cc1. The first-order chi connectivity index (χ1) is 7.61. The number of thiol groups is 1. The Labute approximate surface area is 99.4 Å². The van der Waals surface area contributed by atoms with Crippen molar-refractivity contribution in [2.45, 2.75) is 18.2 Å². The largest absolute Gasteiger partial charge is 0.466 e. The topological polar surface area (TPSA) is 55.4 Å². The summed E-state index contributed by atoms with van der Waals surface area (Å²) in [5, 5.41) is 2.58. The Morgan fingerprint density at radius 1 is 1.31 bits per heavy atom. The molecule has 0 aromatic heterocycles. The third-order valence-corrected chi connectivity index (χ3v) is 2.06. The van der Waals surface area contributed by atoms with E-state index in [0.29, 0.717) is 5.69 Å². The van der Waals surface area contributed by atoms with Gasteiger partial charge in [-0.25, -0.2) is 0 Å². The maximum absolute atomic E-state index is 11.4. The Morgan fingerprint density at radius 2 is 1.94 bits per heavy atom. The average Bonchev–Trinajstić information content (AvgIpc) is 2.21. The molecule has 0 aliphatic carbocycles. The van der Waals surface area contributed by atoms with Crippen LogP contribution in [0.2, 0.25) is 0 Å². The Morgan fingerprint density at radius 3 is 2.50 bits per heavy atom. The van der Waals surface area contributed by atoms with E-state index in [1.807, 2.05) is 0 Å². The van der Waals surface area contributed by atoms with Gasteiger partial charge in [0.05, 0.1) is 6.61 Å². The second kappa shape index (κ2) is 6.17. The number of esters is 1. The second-order valence-electron chi connectivity index (χ2n) is 3.08. The Bertz CT molecular complexity index is 375. The molecular formula is C11H13NO3S. The third-order valence-electron chi connectivity index (χ3n) is 1.76. The van der Waals surface area contributed by atoms with Crippen LogP contribution in [0.1, 0.15) is 13.3 Å². The van der Waals surface area contributed by atoms with Crippen molar-refractivity contribution in [2.75, 3.05) is 11.9 Å². The minimum absolute atomic E-state index is 0.267. The average molecular weight is 239 g/mol. The van der Waals surface area contributed by atoms with Crippen molar-refractivity contribution in [1.29, 1.82) is 0 Å². The number of anilines is 1. The van der Waals surface area contributed by atoms with E-state index in [9.17, 15) is 9.59 Å². The molecule has 0 atom stereocenters. The zero-order chi connectivity index (χ0) is 12.0. The molecular weight excluding hydrogens is 226 g/mol. The van der Waals surface area contributed by atoms with Gasteiger partial charge in [-0.15, -0.1) is 12.6 Å². The molecule has 0 aliphatic rings. The molecule has 0 saturated carbocycles. The molecule has 5 heteroatoms. The highest BCUT2D eigenvalue weighted by molar-refractivity contribution is 7.80. The molecule has 0 radical (unpaired) electrons. The quantitative estimate of drug-likeness (QED) is 0.479. The maximum atomic E-state index is 11.4. The fourth-order valence-corrected chi connectivity index (χ4v) is 1.24. The molecule has 0 unspecified atom stereocenters. The fourth-order valence-electron chi connectivity index (χ4n) is 1.09. The van der Waals surface area contributed by atoms with Crippen LogP contribution < -0.4 is 5.32 Å². The smallest absolute Gasteiger partial charge is 0.315 e. The van der Waals surface area contributed by atoms with Crippen LogP contribution in [0.15, 0.2) is 29.2 Å². The lowest BCUT2D eigenvalue weighted by molar-refractivity contribution is -0.145. The lowest BCUT2D eigenvalue weighted by Crippen LogP contribution is -2.18. The molecule has 16 heavy (non-hydrogen) atoms. The molecule has 1 aromatic carbocycles. The summed E-state index contributed by atoms with van der Waals surface area (Å²) in [7, 11) is 0. The van der Waals surface area contributed by atoms with Gasteiger partial charge in [-0.3, -0.25) is 9.59 Å². The summed E-state index contributed by atoms with van der Waals surface area (Å²) in [5.74, 6) is -0.906. The van der Waals surface area contributed by atoms with E-state index in [-0.39, 0.29) is 18.9 Å². The van der Waals surface area contributed by atoms with Crippen LogP contribution in [0.5, 0.6) is 0 Å². The second-order valence-corrected chi connectivity index (χ2v) is 3.59. The Balaban J connectivity index is 2.45. The number of rotatable bonds is 4. The summed E-state index contributed by atoms with van der Waals surface area (Å²) in [6.45, 7) is 1.97. The van der Waals surface area contributed by atoms with Crippen LogP contribution in [0.25, 0.3) is 0 Å². The summed E-state index contributed by atoms with van der Waals surface area (Å²) < 4.78 is 4.66. The van der Waals surface area contributed by atoms with E-state index < -0.39 is 5.97 Å². The first-order valence-electron chi connectivity index (χ1n) is 4.86. The van der Waals surface area contributed by atoms with Gasteiger partial charge in [0.25, 0.3) is 0 Å². The third kappa shape index (κ3) is 4.35. The number of ether oxygens (including phenoxy) is 1. The number of carbonyl (C=O) groups excluding carboxylic acids is 2. The fraction of sp³-hybridized carbons (Fsp3) is 0.273. The molecule has 86 valence electrons. The van der Waals surface area contributed by atoms with E-state index in [2.05, 4.69) is 22.7 Å². The van der Waals surface area contributed by atoms with Gasteiger partial charge in [0.15, 0.2) is 0 Å². The first kappa shape index (κ1) is 12.6. The maximum Gasteiger partial charge on any atom is 0.315 e. The van der Waals surface area contributed by atoms with Crippen molar-refractivity contribution in [1.82, 2.24) is 0 Å². The van der Waals surface area contributed by atoms with Crippen LogP contribution in [0, 0.1) is 0 Å². The lowest BCUT2D eigenvalue weighted by Gasteiger charge is -2.04. The summed E-state index contributed by atoms with van der Waals surface area (Å²) in [6.07, 6.45) is -0.267. The van der Waals surface area contributed by atoms with Gasteiger partial charge in [-0.05, 0) is 31.2 Å². The molecule has 1 rings (SSSR count). The van der Waals surface area contributed by atoms with Crippen LogP contribution in [0.3, 0.4) is 0 Å². The monoisotopic (exact) mass is 239 g/mol. The number of nitrogens with one attached hydrogen (secondary N) is 1. The number of benzene rings is 1. The van der Waals surface area contributed by atoms with E-state index in [1.165, 1.54) is 0 Å². The molecule has 0 spiro atoms. The van der Waals surface area contributed by atoms with E-state index in [0.717, 1.165) is 4.90 Å². The highest BCUT2D eigenvalue weighted by Crippen LogP contribution is 2.12. The van der Waals surface area contributed by atoms with E-state index in [1.54, 1.807) is 31.2 Å². The van der Waals surface area contributed by atoms with Gasteiger partial charge < -0.3 is 10.1 Å². The van der Waals surface area contributed by atoms with Crippen LogP contribution in [0.4, 0.5) is 5.69 Å². The molecule has 0 aliphatic heterocycles. The molecule has 4 nitrogen and oxygen atoms in total. The summed E-state index contributed by atoms with van der Waals surface area (Å²) in [5.41, 5.74) is 0.632. The number of hydrogen-bond acceptors (Lipinski definition) is 4. The molecule has 0 bridgehead atoms. The van der Waals surface area contributed by atoms with Crippen LogP contribution in [-0.2, 0) is 14.3 Å². The van der Waals surface area contributed by atoms with Gasteiger partial charge in [0, 0.05) is 10.6 Å². The molecule has 0 fully saturated rings. The molecule has 1 N–H and O–H groups in total. The highest BCUT2D eigenvalue weighted by atomic mass is 32.1. The highest BCUT2D eigenvalue weighted by Gasteiger charge is 2.09. The standard InChI is InChI=1S/C11H13NO3S/c1-2-15-11(14)7-10(13)12-8-3-5-9(16)6-4-8/h3-6,16H,2,7H2,1H3,(H,12,13). The normalized spacial score (nSPS) is 9.62. The molecule has 1 amide bonds. The van der Waals surface area contributed by atoms with Gasteiger partial charge in [0.1, 0.15) is 6.42 Å². The van der Waals surface area contributed by atoms with E-state index in [4.69, 9.17) is 0 Å². The van der Waals surface area contributed by atoms with Crippen molar-refractivity contribution in [3.63, 3.8) is 0 Å². The predicted molar refractivity (Wildman–Crippen MR) is 63.6 cm³/mol. The van der Waals surface area contributed by atoms with Gasteiger partial charge in [0.2, 0.25) is 5.91 Å². The van der Waals surface area contributed by atoms with Crippen LogP contribution in [-0.4, -0.2) is 18.5 Å². The van der Waals surface area contributed by atoms with Gasteiger partial charge in [-0.1, -0.05) is 0 Å². The molecule has 0 heterocycles. The summed E-state index contributed by atoms with van der Waals surface area (Å²) in [4.78, 5) is 23.2. The Hall–Kier alpha value is -1.49. The first-order valence-corrected chi connectivity index (χ1v) is 5.31. The zero-order valence-electron chi connectivity index (χ0n) is 8.90. The van der Waals surface area contributed by atoms with Crippen molar-refractivity contribution in [3.05, 3.63) is 24.3 Å². The van der Waals surface area contributed by atoms with Gasteiger partial charge >= 0.3 is 5.97 Å². The van der Waals surface area contributed by atoms with Crippen molar-refractivity contribution < 1.29 is 14.3 Å². The minimum Gasteiger partial charge on any atom is -0.466 e. The van der Waals surface area contributed by atoms with Crippen molar-refractivity contribution in [2.24, 2.45) is 0 Å².